The summed E-state index contributed by atoms with van der Waals surface area (Å²) in [5.74, 6) is -3.11. The van der Waals surface area contributed by atoms with E-state index >= 15 is 0 Å². The second kappa shape index (κ2) is 8.98. The zero-order chi connectivity index (χ0) is 18.2. The summed E-state index contributed by atoms with van der Waals surface area (Å²) in [5, 5.41) is 3.08. The molecule has 0 aliphatic carbocycles. The molecule has 5 nitrogen and oxygen atoms in total. The summed E-state index contributed by atoms with van der Waals surface area (Å²) < 4.78 is 35.9. The van der Waals surface area contributed by atoms with E-state index in [0.29, 0.717) is 16.8 Å². The largest absolute Gasteiger partial charge is 0.492 e. The SMILES string of the molecule is O=C(COC(=O)c1ccc(F)c(F)c1)NCCOc1ccc(Cl)cc1. The molecule has 0 aliphatic rings. The first kappa shape index (κ1) is 18.7. The van der Waals surface area contributed by atoms with E-state index in [-0.39, 0.29) is 18.7 Å². The van der Waals surface area contributed by atoms with Crippen LogP contribution in [0.5, 0.6) is 5.75 Å². The lowest BCUT2D eigenvalue weighted by molar-refractivity contribution is -0.124. The minimum absolute atomic E-state index is 0.183. The number of carbonyl (C=O) groups excluding carboxylic acids is 2. The Hall–Kier alpha value is -2.67. The van der Waals surface area contributed by atoms with E-state index in [0.717, 1.165) is 12.1 Å². The summed E-state index contributed by atoms with van der Waals surface area (Å²) in [6, 6.07) is 9.30. The topological polar surface area (TPSA) is 64.6 Å². The summed E-state index contributed by atoms with van der Waals surface area (Å²) in [7, 11) is 0. The van der Waals surface area contributed by atoms with Crippen LogP contribution in [0, 0.1) is 11.6 Å². The number of rotatable bonds is 7. The van der Waals surface area contributed by atoms with Gasteiger partial charge in [0.2, 0.25) is 0 Å². The summed E-state index contributed by atoms with van der Waals surface area (Å²) in [5.41, 5.74) is -0.183. The zero-order valence-electron chi connectivity index (χ0n) is 12.9. The standard InChI is InChI=1S/C17H14ClF2NO4/c18-12-2-4-13(5-3-12)24-8-7-21-16(22)10-25-17(23)11-1-6-14(19)15(20)9-11/h1-6,9H,7-8,10H2,(H,21,22). The molecule has 8 heteroatoms. The van der Waals surface area contributed by atoms with Crippen molar-refractivity contribution in [3.05, 3.63) is 64.7 Å². The predicted octanol–water partition coefficient (Wildman–Crippen LogP) is 2.97. The van der Waals surface area contributed by atoms with E-state index in [2.05, 4.69) is 5.32 Å². The quantitative estimate of drug-likeness (QED) is 0.602. The van der Waals surface area contributed by atoms with Crippen LogP contribution in [-0.2, 0) is 9.53 Å². The van der Waals surface area contributed by atoms with E-state index < -0.39 is 30.1 Å². The third-order valence-electron chi connectivity index (χ3n) is 3.00. The number of ether oxygens (including phenoxy) is 2. The first-order valence-corrected chi connectivity index (χ1v) is 7.61. The molecule has 0 unspecified atom stereocenters. The molecular formula is C17H14ClF2NO4. The van der Waals surface area contributed by atoms with Crippen molar-refractivity contribution in [3.63, 3.8) is 0 Å². The molecule has 0 saturated carbocycles. The molecule has 0 radical (unpaired) electrons. The fraction of sp³-hybridized carbons (Fsp3) is 0.176. The minimum Gasteiger partial charge on any atom is -0.492 e. The number of nitrogens with one attached hydrogen (secondary N) is 1. The number of hydrogen-bond donors (Lipinski definition) is 1. The average molecular weight is 370 g/mol. The van der Waals surface area contributed by atoms with Crippen molar-refractivity contribution in [2.24, 2.45) is 0 Å². The Morgan fingerprint density at radius 2 is 1.76 bits per heavy atom. The molecular weight excluding hydrogens is 356 g/mol. The molecule has 1 N–H and O–H groups in total. The van der Waals surface area contributed by atoms with Crippen molar-refractivity contribution in [2.45, 2.75) is 0 Å². The fourth-order valence-electron chi connectivity index (χ4n) is 1.78. The molecule has 2 aromatic carbocycles. The highest BCUT2D eigenvalue weighted by Crippen LogP contribution is 2.15. The highest BCUT2D eigenvalue weighted by Gasteiger charge is 2.12. The van der Waals surface area contributed by atoms with Crippen molar-refractivity contribution in [1.29, 1.82) is 0 Å². The number of hydrogen-bond acceptors (Lipinski definition) is 4. The van der Waals surface area contributed by atoms with Crippen molar-refractivity contribution in [3.8, 4) is 5.75 Å². The number of esters is 1. The highest BCUT2D eigenvalue weighted by atomic mass is 35.5. The van der Waals surface area contributed by atoms with Gasteiger partial charge < -0.3 is 14.8 Å². The van der Waals surface area contributed by atoms with E-state index in [1.54, 1.807) is 24.3 Å². The lowest BCUT2D eigenvalue weighted by Crippen LogP contribution is -2.32. The van der Waals surface area contributed by atoms with Crippen LogP contribution in [0.2, 0.25) is 5.02 Å². The lowest BCUT2D eigenvalue weighted by atomic mass is 10.2. The molecule has 0 aliphatic heterocycles. The van der Waals surface area contributed by atoms with Gasteiger partial charge in [-0.15, -0.1) is 0 Å². The lowest BCUT2D eigenvalue weighted by Gasteiger charge is -2.08. The van der Waals surface area contributed by atoms with Crippen LogP contribution < -0.4 is 10.1 Å². The fourth-order valence-corrected chi connectivity index (χ4v) is 1.90. The van der Waals surface area contributed by atoms with Gasteiger partial charge in [0.1, 0.15) is 12.4 Å². The van der Waals surface area contributed by atoms with Gasteiger partial charge in [0, 0.05) is 5.02 Å². The van der Waals surface area contributed by atoms with Crippen LogP contribution in [-0.4, -0.2) is 31.6 Å². The summed E-state index contributed by atoms with van der Waals surface area (Å²) in [6.45, 7) is -0.131. The maximum atomic E-state index is 13.0. The maximum absolute atomic E-state index is 13.0. The van der Waals surface area contributed by atoms with E-state index in [9.17, 15) is 18.4 Å². The molecule has 2 rings (SSSR count). The molecule has 25 heavy (non-hydrogen) atoms. The van der Waals surface area contributed by atoms with Gasteiger partial charge in [-0.05, 0) is 42.5 Å². The zero-order valence-corrected chi connectivity index (χ0v) is 13.7. The van der Waals surface area contributed by atoms with Crippen LogP contribution in [0.1, 0.15) is 10.4 Å². The smallest absolute Gasteiger partial charge is 0.338 e. The van der Waals surface area contributed by atoms with Gasteiger partial charge in [-0.2, -0.15) is 0 Å². The minimum atomic E-state index is -1.17. The van der Waals surface area contributed by atoms with E-state index in [1.165, 1.54) is 0 Å². The molecule has 0 atom stereocenters. The Morgan fingerprint density at radius 1 is 1.04 bits per heavy atom. The molecule has 0 saturated heterocycles. The first-order chi connectivity index (χ1) is 12.0. The third-order valence-corrected chi connectivity index (χ3v) is 3.25. The molecule has 1 amide bonds. The van der Waals surface area contributed by atoms with Crippen LogP contribution >= 0.6 is 11.6 Å². The summed E-state index contributed by atoms with van der Waals surface area (Å²) >= 11 is 5.74. The average Bonchev–Trinajstić information content (AvgIpc) is 2.60. The van der Waals surface area contributed by atoms with Crippen molar-refractivity contribution in [1.82, 2.24) is 5.32 Å². The van der Waals surface area contributed by atoms with Crippen molar-refractivity contribution < 1.29 is 27.8 Å². The molecule has 0 aromatic heterocycles. The first-order valence-electron chi connectivity index (χ1n) is 7.23. The van der Waals surface area contributed by atoms with Gasteiger partial charge in [0.25, 0.3) is 5.91 Å². The second-order valence-electron chi connectivity index (χ2n) is 4.86. The number of carbonyl (C=O) groups is 2. The number of benzene rings is 2. The predicted molar refractivity (Wildman–Crippen MR) is 86.6 cm³/mol. The monoisotopic (exact) mass is 369 g/mol. The van der Waals surface area contributed by atoms with Crippen LogP contribution in [0.4, 0.5) is 8.78 Å². The Kier molecular flexibility index (Phi) is 6.71. The maximum Gasteiger partial charge on any atom is 0.338 e. The molecule has 132 valence electrons. The van der Waals surface area contributed by atoms with Gasteiger partial charge in [0.05, 0.1) is 12.1 Å². The van der Waals surface area contributed by atoms with Gasteiger partial charge in [0.15, 0.2) is 18.2 Å². The highest BCUT2D eigenvalue weighted by molar-refractivity contribution is 6.30. The molecule has 0 spiro atoms. The van der Waals surface area contributed by atoms with Gasteiger partial charge in [-0.25, -0.2) is 13.6 Å². The normalized spacial score (nSPS) is 10.2. The van der Waals surface area contributed by atoms with Crippen LogP contribution in [0.3, 0.4) is 0 Å². The Labute approximate surface area is 147 Å². The molecule has 0 bridgehead atoms. The van der Waals surface area contributed by atoms with Gasteiger partial charge in [-0.3, -0.25) is 4.79 Å². The Bertz CT molecular complexity index is 753. The third kappa shape index (κ3) is 6.04. The summed E-state index contributed by atoms with van der Waals surface area (Å²) in [6.07, 6.45) is 0. The molecule has 2 aromatic rings. The van der Waals surface area contributed by atoms with Crippen LogP contribution in [0.25, 0.3) is 0 Å². The summed E-state index contributed by atoms with van der Waals surface area (Å²) in [4.78, 5) is 23.2. The molecule has 0 fully saturated rings. The van der Waals surface area contributed by atoms with E-state index in [1.807, 2.05) is 0 Å². The Balaban J connectivity index is 1.67. The second-order valence-corrected chi connectivity index (χ2v) is 5.29. The number of amides is 1. The number of halogens is 3. The van der Waals surface area contributed by atoms with Crippen LogP contribution in [0.15, 0.2) is 42.5 Å². The van der Waals surface area contributed by atoms with Crippen molar-refractivity contribution >= 4 is 23.5 Å². The van der Waals surface area contributed by atoms with Gasteiger partial charge in [-0.1, -0.05) is 11.6 Å². The van der Waals surface area contributed by atoms with Gasteiger partial charge >= 0.3 is 5.97 Å². The van der Waals surface area contributed by atoms with E-state index in [4.69, 9.17) is 21.1 Å². The molecule has 0 heterocycles. The van der Waals surface area contributed by atoms with Crippen molar-refractivity contribution in [2.75, 3.05) is 19.8 Å². The Morgan fingerprint density at radius 3 is 2.44 bits per heavy atom.